The molecule has 0 spiro atoms. The first-order valence-corrected chi connectivity index (χ1v) is 6.63. The van der Waals surface area contributed by atoms with Crippen LogP contribution in [0.5, 0.6) is 0 Å². The molecule has 100 valence electrons. The summed E-state index contributed by atoms with van der Waals surface area (Å²) in [5, 5.41) is 0. The molecule has 0 aliphatic carbocycles. The van der Waals surface area contributed by atoms with E-state index in [2.05, 4.69) is 13.8 Å². The van der Waals surface area contributed by atoms with Crippen LogP contribution in [-0.2, 0) is 9.53 Å². The second-order valence-corrected chi connectivity index (χ2v) is 5.81. The van der Waals surface area contributed by atoms with E-state index in [9.17, 15) is 4.79 Å². The minimum Gasteiger partial charge on any atom is -0.459 e. The largest absolute Gasteiger partial charge is 0.459 e. The van der Waals surface area contributed by atoms with Crippen molar-refractivity contribution in [3.8, 4) is 0 Å². The molecule has 0 bridgehead atoms. The van der Waals surface area contributed by atoms with Gasteiger partial charge in [-0.1, -0.05) is 50.6 Å². The maximum Gasteiger partial charge on any atom is 0.314 e. The molecule has 1 aromatic carbocycles. The van der Waals surface area contributed by atoms with Crippen molar-refractivity contribution in [2.45, 2.75) is 52.6 Å². The van der Waals surface area contributed by atoms with Gasteiger partial charge in [0.1, 0.15) is 5.60 Å². The molecule has 2 atom stereocenters. The zero-order chi connectivity index (χ0) is 13.8. The third-order valence-corrected chi connectivity index (χ3v) is 3.03. The van der Waals surface area contributed by atoms with Gasteiger partial charge in [-0.25, -0.2) is 0 Å². The van der Waals surface area contributed by atoms with Crippen LogP contribution in [0.2, 0.25) is 0 Å². The van der Waals surface area contributed by atoms with Gasteiger partial charge in [-0.3, -0.25) is 4.79 Å². The van der Waals surface area contributed by atoms with E-state index in [0.717, 1.165) is 12.0 Å². The molecule has 0 aromatic heterocycles. The molecule has 1 rings (SSSR count). The van der Waals surface area contributed by atoms with Crippen LogP contribution in [0.1, 0.15) is 52.5 Å². The monoisotopic (exact) mass is 248 g/mol. The van der Waals surface area contributed by atoms with Gasteiger partial charge < -0.3 is 4.74 Å². The van der Waals surface area contributed by atoms with Crippen LogP contribution >= 0.6 is 0 Å². The van der Waals surface area contributed by atoms with Gasteiger partial charge in [-0.15, -0.1) is 0 Å². The number of esters is 1. The smallest absolute Gasteiger partial charge is 0.314 e. The number of rotatable bonds is 4. The Kier molecular flexibility index (Phi) is 4.94. The molecule has 0 aliphatic heterocycles. The number of hydrogen-bond acceptors (Lipinski definition) is 2. The van der Waals surface area contributed by atoms with Crippen LogP contribution in [0.4, 0.5) is 0 Å². The van der Waals surface area contributed by atoms with E-state index >= 15 is 0 Å². The minimum absolute atomic E-state index is 0.122. The van der Waals surface area contributed by atoms with Crippen molar-refractivity contribution in [1.29, 1.82) is 0 Å². The summed E-state index contributed by atoms with van der Waals surface area (Å²) in [4.78, 5) is 12.3. The molecule has 0 heterocycles. The lowest BCUT2D eigenvalue weighted by molar-refractivity contribution is -0.158. The number of carbonyl (C=O) groups is 1. The van der Waals surface area contributed by atoms with Gasteiger partial charge in [-0.2, -0.15) is 0 Å². The third kappa shape index (κ3) is 4.17. The zero-order valence-electron chi connectivity index (χ0n) is 12.1. The van der Waals surface area contributed by atoms with Crippen LogP contribution in [-0.4, -0.2) is 11.6 Å². The van der Waals surface area contributed by atoms with Gasteiger partial charge in [0.15, 0.2) is 0 Å². The Morgan fingerprint density at radius 2 is 1.78 bits per heavy atom. The molecule has 0 N–H and O–H groups in total. The van der Waals surface area contributed by atoms with Gasteiger partial charge in [-0.05, 0) is 32.3 Å². The lowest BCUT2D eigenvalue weighted by Gasteiger charge is -2.27. The predicted molar refractivity (Wildman–Crippen MR) is 74.5 cm³/mol. The summed E-state index contributed by atoms with van der Waals surface area (Å²) in [5.74, 6) is -0.0132. The van der Waals surface area contributed by atoms with Gasteiger partial charge in [0.25, 0.3) is 0 Å². The van der Waals surface area contributed by atoms with E-state index in [4.69, 9.17) is 4.74 Å². The normalized spacial score (nSPS) is 14.9. The summed E-state index contributed by atoms with van der Waals surface area (Å²) < 4.78 is 5.54. The lowest BCUT2D eigenvalue weighted by atomic mass is 9.85. The fourth-order valence-corrected chi connectivity index (χ4v) is 1.96. The Balaban J connectivity index is 2.96. The molecule has 0 radical (unpaired) electrons. The van der Waals surface area contributed by atoms with Gasteiger partial charge >= 0.3 is 5.97 Å². The molecule has 0 fully saturated rings. The fourth-order valence-electron chi connectivity index (χ4n) is 1.96. The van der Waals surface area contributed by atoms with E-state index in [0.29, 0.717) is 0 Å². The second-order valence-electron chi connectivity index (χ2n) is 5.81. The van der Waals surface area contributed by atoms with E-state index in [1.165, 1.54) is 0 Å². The molecule has 0 saturated carbocycles. The highest BCUT2D eigenvalue weighted by Crippen LogP contribution is 2.29. The first-order valence-electron chi connectivity index (χ1n) is 6.63. The topological polar surface area (TPSA) is 26.3 Å². The molecular formula is C16H24O2. The second kappa shape index (κ2) is 6.03. The van der Waals surface area contributed by atoms with E-state index < -0.39 is 5.60 Å². The van der Waals surface area contributed by atoms with Crippen LogP contribution in [0.15, 0.2) is 30.3 Å². The molecule has 0 aliphatic rings. The highest BCUT2D eigenvalue weighted by atomic mass is 16.6. The molecule has 0 saturated heterocycles. The van der Waals surface area contributed by atoms with Crippen LogP contribution in [0.3, 0.4) is 0 Å². The highest BCUT2D eigenvalue weighted by molar-refractivity contribution is 5.78. The first-order chi connectivity index (χ1) is 8.35. The summed E-state index contributed by atoms with van der Waals surface area (Å²) >= 11 is 0. The van der Waals surface area contributed by atoms with E-state index in [1.54, 1.807) is 0 Å². The van der Waals surface area contributed by atoms with Crippen molar-refractivity contribution < 1.29 is 9.53 Å². The minimum atomic E-state index is -0.433. The van der Waals surface area contributed by atoms with Crippen LogP contribution in [0.25, 0.3) is 0 Å². The maximum absolute atomic E-state index is 12.3. The third-order valence-electron chi connectivity index (χ3n) is 3.03. The first kappa shape index (κ1) is 14.7. The van der Waals surface area contributed by atoms with Crippen molar-refractivity contribution in [2.24, 2.45) is 5.92 Å². The molecule has 1 aromatic rings. The van der Waals surface area contributed by atoms with Crippen LogP contribution in [0, 0.1) is 5.92 Å². The van der Waals surface area contributed by atoms with E-state index in [1.807, 2.05) is 51.1 Å². The van der Waals surface area contributed by atoms with Gasteiger partial charge in [0.05, 0.1) is 5.92 Å². The number of benzene rings is 1. The van der Waals surface area contributed by atoms with Crippen molar-refractivity contribution in [3.63, 3.8) is 0 Å². The summed E-state index contributed by atoms with van der Waals surface area (Å²) in [6.45, 7) is 9.92. The number of hydrogen-bond donors (Lipinski definition) is 0. The van der Waals surface area contributed by atoms with Gasteiger partial charge in [0.2, 0.25) is 0 Å². The summed E-state index contributed by atoms with van der Waals surface area (Å²) in [6.07, 6.45) is 0.957. The zero-order valence-corrected chi connectivity index (χ0v) is 12.1. The molecule has 2 nitrogen and oxygen atoms in total. The summed E-state index contributed by atoms with van der Waals surface area (Å²) in [6, 6.07) is 9.90. The molecule has 18 heavy (non-hydrogen) atoms. The van der Waals surface area contributed by atoms with Crippen molar-refractivity contribution in [3.05, 3.63) is 35.9 Å². The predicted octanol–water partition coefficient (Wildman–Crippen LogP) is 4.16. The Morgan fingerprint density at radius 3 is 2.22 bits per heavy atom. The fraction of sp³-hybridized carbons (Fsp3) is 0.562. The summed E-state index contributed by atoms with van der Waals surface area (Å²) in [5.41, 5.74) is 0.610. The maximum atomic E-state index is 12.3. The Hall–Kier alpha value is -1.31. The highest BCUT2D eigenvalue weighted by Gasteiger charge is 2.30. The SMILES string of the molecule is CCC(C)C(C(=O)OC(C)(C)C)c1ccccc1. The van der Waals surface area contributed by atoms with Gasteiger partial charge in [0, 0.05) is 0 Å². The molecule has 0 amide bonds. The molecule has 2 heteroatoms. The number of ether oxygens (including phenoxy) is 1. The number of carbonyl (C=O) groups excluding carboxylic acids is 1. The molecular weight excluding hydrogens is 224 g/mol. The Morgan fingerprint density at radius 1 is 1.22 bits per heavy atom. The van der Waals surface area contributed by atoms with E-state index in [-0.39, 0.29) is 17.8 Å². The van der Waals surface area contributed by atoms with Crippen molar-refractivity contribution in [1.82, 2.24) is 0 Å². The quantitative estimate of drug-likeness (QED) is 0.748. The summed E-state index contributed by atoms with van der Waals surface area (Å²) in [7, 11) is 0. The average Bonchev–Trinajstić information content (AvgIpc) is 2.28. The molecule has 2 unspecified atom stereocenters. The Bertz CT molecular complexity index is 376. The van der Waals surface area contributed by atoms with Crippen molar-refractivity contribution >= 4 is 5.97 Å². The van der Waals surface area contributed by atoms with Crippen LogP contribution < -0.4 is 0 Å². The average molecular weight is 248 g/mol. The standard InChI is InChI=1S/C16H24O2/c1-6-12(2)14(13-10-8-7-9-11-13)15(17)18-16(3,4)5/h7-12,14H,6H2,1-5H3. The lowest BCUT2D eigenvalue weighted by Crippen LogP contribution is -2.30. The Labute approximate surface area is 110 Å². The van der Waals surface area contributed by atoms with Crippen molar-refractivity contribution in [2.75, 3.05) is 0 Å².